The largest absolute Gasteiger partial charge is 0.310 e. The van der Waals surface area contributed by atoms with Gasteiger partial charge in [-0.1, -0.05) is 263 Å². The average molecular weight is 1360 g/mol. The first-order chi connectivity index (χ1) is 51.9. The van der Waals surface area contributed by atoms with Crippen LogP contribution in [0.3, 0.4) is 0 Å². The lowest BCUT2D eigenvalue weighted by molar-refractivity contribution is 0.660. The maximum atomic E-state index is 5.07. The highest BCUT2D eigenvalue weighted by Crippen LogP contribution is 2.60. The van der Waals surface area contributed by atoms with E-state index in [9.17, 15) is 0 Å². The van der Waals surface area contributed by atoms with Crippen LogP contribution in [-0.4, -0.2) is 19.1 Å². The maximum absolute atomic E-state index is 5.07. The van der Waals surface area contributed by atoms with Crippen LogP contribution in [-0.2, 0) is 16.2 Å². The third-order valence-electron chi connectivity index (χ3n) is 23.0. The van der Waals surface area contributed by atoms with Crippen LogP contribution in [0.2, 0.25) is 0 Å². The molecule has 0 amide bonds. The number of para-hydroxylation sites is 1. The standard InChI is InChI=1S/C57H41N3.C42H26N2S/c1-56(2)49-25-14-12-23-44(49)46-33-32-43(35-51(46)56)59(40-21-10-5-11-22-40)41-28-30-42(31-29-41)60-53-27-16-34-58-55(53)48-36-52-47(37-54(48)60)45-24-13-15-26-50(45)57(52,38-17-6-3-7-18-38)39-19-8-4-9-20-39;1-3-13-27(14-4-1)42(28-15-5-2-6-16-28)34-20-9-7-17-29(34)32-26-38-33(25-35(32)42)40-36(22-12-24-43-40)44(38)37-21-11-19-31-30-18-8-10-23-39(30)45-41(31)37/h3-37H,1-2H3;1-26H. The van der Waals surface area contributed by atoms with Gasteiger partial charge in [0, 0.05) is 66.8 Å². The predicted molar refractivity (Wildman–Crippen MR) is 437 cm³/mol. The highest BCUT2D eigenvalue weighted by atomic mass is 32.1. The van der Waals surface area contributed by atoms with E-state index in [4.69, 9.17) is 9.97 Å². The summed E-state index contributed by atoms with van der Waals surface area (Å²) in [7, 11) is 0. The number of fused-ring (bicyclic) bond motifs is 18. The number of pyridine rings is 2. The molecule has 0 spiro atoms. The molecule has 0 aliphatic heterocycles. The van der Waals surface area contributed by atoms with E-state index in [-0.39, 0.29) is 5.41 Å². The van der Waals surface area contributed by atoms with Crippen LogP contribution in [0.25, 0.3) is 109 Å². The summed E-state index contributed by atoms with van der Waals surface area (Å²) in [5, 5.41) is 4.92. The zero-order valence-electron chi connectivity index (χ0n) is 57.9. The van der Waals surface area contributed by atoms with Crippen LogP contribution in [0.1, 0.15) is 69.5 Å². The number of benzene rings is 14. The summed E-state index contributed by atoms with van der Waals surface area (Å²) in [6.07, 6.45) is 3.85. The Kier molecular flexibility index (Phi) is 13.6. The van der Waals surface area contributed by atoms with E-state index in [1.807, 2.05) is 23.7 Å². The van der Waals surface area contributed by atoms with Crippen LogP contribution in [0, 0.1) is 0 Å². The second-order valence-electron chi connectivity index (χ2n) is 28.6. The zero-order chi connectivity index (χ0) is 69.5. The molecule has 5 nitrogen and oxygen atoms in total. The van der Waals surface area contributed by atoms with Gasteiger partial charge in [0.2, 0.25) is 0 Å². The van der Waals surface area contributed by atoms with Gasteiger partial charge in [0.1, 0.15) is 0 Å². The monoisotopic (exact) mass is 1360 g/mol. The molecule has 5 heterocycles. The molecule has 0 bridgehead atoms. The average Bonchev–Trinajstić information content (AvgIpc) is 1.53. The summed E-state index contributed by atoms with van der Waals surface area (Å²) in [5.41, 5.74) is 31.9. The molecule has 494 valence electrons. The van der Waals surface area contributed by atoms with Crippen molar-refractivity contribution in [3.63, 3.8) is 0 Å². The lowest BCUT2D eigenvalue weighted by Crippen LogP contribution is -2.28. The third-order valence-corrected chi connectivity index (χ3v) is 24.2. The first-order valence-electron chi connectivity index (χ1n) is 36.3. The van der Waals surface area contributed by atoms with E-state index >= 15 is 0 Å². The van der Waals surface area contributed by atoms with Crippen LogP contribution in [0.4, 0.5) is 17.1 Å². The Morgan fingerprint density at radius 1 is 0.286 bits per heavy atom. The molecule has 14 aromatic carbocycles. The topological polar surface area (TPSA) is 38.9 Å². The molecule has 0 saturated heterocycles. The van der Waals surface area contributed by atoms with Crippen molar-refractivity contribution in [1.29, 1.82) is 0 Å². The minimum atomic E-state index is -0.482. The Balaban J connectivity index is 0.000000141. The van der Waals surface area contributed by atoms with Crippen molar-refractivity contribution in [1.82, 2.24) is 19.1 Å². The zero-order valence-corrected chi connectivity index (χ0v) is 58.7. The van der Waals surface area contributed by atoms with Crippen molar-refractivity contribution in [2.24, 2.45) is 0 Å². The van der Waals surface area contributed by atoms with E-state index in [0.717, 1.165) is 55.7 Å². The molecule has 3 aliphatic rings. The van der Waals surface area contributed by atoms with Gasteiger partial charge in [-0.25, -0.2) is 0 Å². The van der Waals surface area contributed by atoms with Gasteiger partial charge in [0.15, 0.2) is 0 Å². The van der Waals surface area contributed by atoms with Crippen LogP contribution >= 0.6 is 11.3 Å². The number of aromatic nitrogens is 4. The summed E-state index contributed by atoms with van der Waals surface area (Å²) in [5.74, 6) is 0. The maximum Gasteiger partial charge on any atom is 0.0963 e. The molecular weight excluding hydrogens is 1290 g/mol. The summed E-state index contributed by atoms with van der Waals surface area (Å²) in [6, 6.07) is 131. The van der Waals surface area contributed by atoms with E-state index in [1.54, 1.807) is 0 Å². The van der Waals surface area contributed by atoms with Gasteiger partial charge >= 0.3 is 0 Å². The predicted octanol–water partition coefficient (Wildman–Crippen LogP) is 25.2. The Morgan fingerprint density at radius 2 is 0.714 bits per heavy atom. The Labute approximate surface area is 613 Å². The van der Waals surface area contributed by atoms with Gasteiger partial charge in [-0.2, -0.15) is 0 Å². The van der Waals surface area contributed by atoms with Gasteiger partial charge in [0.05, 0.1) is 54.3 Å². The molecular formula is C99H67N5S. The number of nitrogens with zero attached hydrogens (tertiary/aromatic N) is 5. The van der Waals surface area contributed by atoms with E-state index in [1.165, 1.54) is 126 Å². The quantitative estimate of drug-likeness (QED) is 0.145. The molecule has 0 saturated carbocycles. The van der Waals surface area contributed by atoms with Crippen molar-refractivity contribution in [2.45, 2.75) is 30.1 Å². The molecule has 0 radical (unpaired) electrons. The SMILES string of the molecule is CC1(C)c2ccccc2-c2ccc(N(c3ccccc3)c3ccc(-n4c5cc6c(cc5c5ncccc54)C(c4ccccc4)(c4ccccc4)c4ccccc4-6)cc3)cc21.c1ccc(C2(c3ccccc3)c3ccccc3-c3cc4c(cc32)c2ncccc2n4-c2cccc3c2sc2ccccc23)cc1. The molecule has 22 rings (SSSR count). The minimum Gasteiger partial charge on any atom is -0.310 e. The molecule has 0 fully saturated rings. The molecule has 0 unspecified atom stereocenters. The van der Waals surface area contributed by atoms with Crippen molar-refractivity contribution in [3.8, 4) is 44.8 Å². The van der Waals surface area contributed by atoms with Crippen molar-refractivity contribution in [2.75, 3.05) is 4.90 Å². The second-order valence-corrected chi connectivity index (χ2v) is 29.7. The molecule has 3 aliphatic carbocycles. The van der Waals surface area contributed by atoms with Crippen LogP contribution in [0.15, 0.2) is 370 Å². The summed E-state index contributed by atoms with van der Waals surface area (Å²) in [6.45, 7) is 4.70. The van der Waals surface area contributed by atoms with Crippen molar-refractivity contribution in [3.05, 3.63) is 426 Å². The van der Waals surface area contributed by atoms with Crippen molar-refractivity contribution >= 4 is 92.4 Å². The molecule has 0 N–H and O–H groups in total. The summed E-state index contributed by atoms with van der Waals surface area (Å²) >= 11 is 1.87. The van der Waals surface area contributed by atoms with E-state index < -0.39 is 10.8 Å². The van der Waals surface area contributed by atoms with E-state index in [0.29, 0.717) is 0 Å². The first kappa shape index (κ1) is 60.7. The minimum absolute atomic E-state index is 0.0960. The normalized spacial score (nSPS) is 13.8. The van der Waals surface area contributed by atoms with Gasteiger partial charge in [-0.15, -0.1) is 11.3 Å². The lowest BCUT2D eigenvalue weighted by atomic mass is 9.67. The Hall–Kier alpha value is -13.0. The number of hydrogen-bond acceptors (Lipinski definition) is 4. The second kappa shape index (κ2) is 23.5. The number of thiophene rings is 1. The highest BCUT2D eigenvalue weighted by Gasteiger charge is 2.48. The fraction of sp³-hybridized carbons (Fsp3) is 0.0505. The summed E-state index contributed by atoms with van der Waals surface area (Å²) in [4.78, 5) is 12.5. The van der Waals surface area contributed by atoms with Gasteiger partial charge < -0.3 is 14.0 Å². The van der Waals surface area contributed by atoms with Crippen LogP contribution < -0.4 is 4.90 Å². The van der Waals surface area contributed by atoms with E-state index in [2.05, 4.69) is 386 Å². The molecule has 19 aromatic rings. The molecule has 6 heteroatoms. The van der Waals surface area contributed by atoms with Crippen molar-refractivity contribution < 1.29 is 0 Å². The third kappa shape index (κ3) is 8.81. The number of rotatable bonds is 9. The fourth-order valence-electron chi connectivity index (χ4n) is 18.6. The smallest absolute Gasteiger partial charge is 0.0963 e. The fourth-order valence-corrected chi connectivity index (χ4v) is 19.8. The summed E-state index contributed by atoms with van der Waals surface area (Å²) < 4.78 is 7.45. The number of hydrogen-bond donors (Lipinski definition) is 0. The molecule has 0 atom stereocenters. The van der Waals surface area contributed by atoms with Crippen LogP contribution in [0.5, 0.6) is 0 Å². The van der Waals surface area contributed by atoms with Gasteiger partial charge in [0.25, 0.3) is 0 Å². The van der Waals surface area contributed by atoms with Gasteiger partial charge in [-0.05, 0) is 198 Å². The first-order valence-corrected chi connectivity index (χ1v) is 37.1. The lowest BCUT2D eigenvalue weighted by Gasteiger charge is -2.33. The Bertz CT molecular complexity index is 6590. The number of anilines is 3. The molecule has 5 aromatic heterocycles. The Morgan fingerprint density at radius 3 is 1.27 bits per heavy atom. The highest BCUT2D eigenvalue weighted by molar-refractivity contribution is 7.26. The van der Waals surface area contributed by atoms with Gasteiger partial charge in [-0.3, -0.25) is 9.97 Å². The molecule has 105 heavy (non-hydrogen) atoms.